The summed E-state index contributed by atoms with van der Waals surface area (Å²) in [5.74, 6) is -0.321. The fraction of sp³-hybridized carbons (Fsp3) is 0.316. The zero-order valence-electron chi connectivity index (χ0n) is 13.3. The first kappa shape index (κ1) is 14.9. The molecule has 1 N–H and O–H groups in total. The highest BCUT2D eigenvalue weighted by Crippen LogP contribution is 2.42. The average Bonchev–Trinajstić information content (AvgIpc) is 3.32. The summed E-state index contributed by atoms with van der Waals surface area (Å²) in [4.78, 5) is 30.8. The molecule has 0 radical (unpaired) electrons. The Hall–Kier alpha value is -2.69. The van der Waals surface area contributed by atoms with E-state index in [1.54, 1.807) is 12.4 Å². The second-order valence-electron chi connectivity index (χ2n) is 6.40. The number of nitrogens with one attached hydrogen (secondary N) is 1. The summed E-state index contributed by atoms with van der Waals surface area (Å²) in [6.45, 7) is 1.18. The summed E-state index contributed by atoms with van der Waals surface area (Å²) < 4.78 is 0. The maximum absolute atomic E-state index is 12.7. The highest BCUT2D eigenvalue weighted by molar-refractivity contribution is 6.02. The van der Waals surface area contributed by atoms with Gasteiger partial charge in [-0.2, -0.15) is 0 Å². The van der Waals surface area contributed by atoms with Crippen molar-refractivity contribution in [3.05, 3.63) is 59.9 Å². The van der Waals surface area contributed by atoms with Gasteiger partial charge in [-0.05, 0) is 36.1 Å². The molecule has 0 bridgehead atoms. The van der Waals surface area contributed by atoms with Crippen LogP contribution in [-0.4, -0.2) is 23.3 Å². The summed E-state index contributed by atoms with van der Waals surface area (Å²) in [5.41, 5.74) is 3.18. The van der Waals surface area contributed by atoms with Crippen molar-refractivity contribution in [2.75, 3.05) is 11.4 Å². The first-order valence-electron chi connectivity index (χ1n) is 8.30. The van der Waals surface area contributed by atoms with Crippen molar-refractivity contribution in [2.45, 2.75) is 19.4 Å². The van der Waals surface area contributed by atoms with Crippen molar-refractivity contribution in [2.24, 2.45) is 11.8 Å². The van der Waals surface area contributed by atoms with Gasteiger partial charge in [-0.1, -0.05) is 24.3 Å². The molecule has 0 saturated heterocycles. The van der Waals surface area contributed by atoms with Crippen LogP contribution in [0.1, 0.15) is 17.5 Å². The van der Waals surface area contributed by atoms with E-state index in [-0.39, 0.29) is 23.7 Å². The number of hydrogen-bond donors (Lipinski definition) is 1. The molecule has 1 aromatic heterocycles. The number of nitrogens with zero attached hydrogens (tertiary/aromatic N) is 2. The van der Waals surface area contributed by atoms with Gasteiger partial charge in [0.15, 0.2) is 0 Å². The van der Waals surface area contributed by atoms with E-state index in [9.17, 15) is 9.59 Å². The number of carbonyl (C=O) groups excluding carboxylic acids is 2. The van der Waals surface area contributed by atoms with E-state index in [2.05, 4.69) is 16.4 Å². The Balaban J connectivity index is 1.35. The monoisotopic (exact) mass is 321 g/mol. The van der Waals surface area contributed by atoms with Crippen molar-refractivity contribution in [1.82, 2.24) is 10.3 Å². The Morgan fingerprint density at radius 2 is 2.04 bits per heavy atom. The number of benzene rings is 1. The first-order chi connectivity index (χ1) is 11.7. The van der Waals surface area contributed by atoms with Crippen LogP contribution in [0.15, 0.2) is 48.8 Å². The number of anilines is 1. The van der Waals surface area contributed by atoms with Crippen LogP contribution in [0.25, 0.3) is 0 Å². The minimum Gasteiger partial charge on any atom is -0.352 e. The predicted octanol–water partition coefficient (Wildman–Crippen LogP) is 1.92. The van der Waals surface area contributed by atoms with Crippen molar-refractivity contribution < 1.29 is 9.59 Å². The summed E-state index contributed by atoms with van der Waals surface area (Å²) in [6, 6.07) is 11.8. The molecule has 1 fully saturated rings. The van der Waals surface area contributed by atoms with Gasteiger partial charge in [0.25, 0.3) is 0 Å². The lowest BCUT2D eigenvalue weighted by molar-refractivity contribution is -0.126. The minimum atomic E-state index is -0.193. The van der Waals surface area contributed by atoms with E-state index in [1.165, 1.54) is 5.56 Å². The Kier molecular flexibility index (Phi) is 3.76. The molecule has 5 heteroatoms. The number of pyridine rings is 1. The van der Waals surface area contributed by atoms with Crippen LogP contribution in [0.5, 0.6) is 0 Å². The van der Waals surface area contributed by atoms with E-state index in [4.69, 9.17) is 0 Å². The molecule has 2 aromatic rings. The number of amides is 2. The van der Waals surface area contributed by atoms with Crippen LogP contribution < -0.4 is 10.2 Å². The average molecular weight is 321 g/mol. The van der Waals surface area contributed by atoms with Crippen LogP contribution in [0.3, 0.4) is 0 Å². The number of hydrogen-bond acceptors (Lipinski definition) is 3. The molecule has 2 amide bonds. The molecule has 1 aliphatic carbocycles. The van der Waals surface area contributed by atoms with Crippen LogP contribution in [0.4, 0.5) is 5.69 Å². The molecule has 0 spiro atoms. The molecule has 1 aliphatic heterocycles. The predicted molar refractivity (Wildman–Crippen MR) is 90.2 cm³/mol. The molecule has 2 unspecified atom stereocenters. The quantitative estimate of drug-likeness (QED) is 0.936. The van der Waals surface area contributed by atoms with Gasteiger partial charge in [0.2, 0.25) is 11.8 Å². The number of carbonyl (C=O) groups is 2. The Morgan fingerprint density at radius 3 is 2.88 bits per heavy atom. The normalized spacial score (nSPS) is 21.2. The molecule has 122 valence electrons. The zero-order valence-corrected chi connectivity index (χ0v) is 13.3. The Morgan fingerprint density at radius 1 is 1.17 bits per heavy atom. The van der Waals surface area contributed by atoms with Crippen molar-refractivity contribution in [3.8, 4) is 0 Å². The zero-order chi connectivity index (χ0) is 16.5. The van der Waals surface area contributed by atoms with Gasteiger partial charge in [-0.25, -0.2) is 0 Å². The fourth-order valence-electron chi connectivity index (χ4n) is 3.35. The maximum atomic E-state index is 12.7. The van der Waals surface area contributed by atoms with E-state index in [1.807, 2.05) is 35.2 Å². The third-order valence-electron chi connectivity index (χ3n) is 4.79. The standard InChI is InChI=1S/C19H19N3O2/c23-18(21-12-13-4-3-8-20-11-13)15-10-16(15)19(24)22-9-7-14-5-1-2-6-17(14)22/h1-6,8,11,15-16H,7,9-10,12H2,(H,21,23). The maximum Gasteiger partial charge on any atom is 0.230 e. The lowest BCUT2D eigenvalue weighted by Gasteiger charge is -2.17. The summed E-state index contributed by atoms with van der Waals surface area (Å²) in [7, 11) is 0. The van der Waals surface area contributed by atoms with Crippen LogP contribution in [-0.2, 0) is 22.6 Å². The van der Waals surface area contributed by atoms with Gasteiger partial charge in [0.05, 0.1) is 11.8 Å². The van der Waals surface area contributed by atoms with Gasteiger partial charge in [-0.15, -0.1) is 0 Å². The van der Waals surface area contributed by atoms with E-state index in [0.717, 1.165) is 24.2 Å². The highest BCUT2D eigenvalue weighted by Gasteiger charge is 2.50. The number of fused-ring (bicyclic) bond motifs is 1. The Bertz CT molecular complexity index is 775. The van der Waals surface area contributed by atoms with Crippen LogP contribution in [0.2, 0.25) is 0 Å². The first-order valence-corrected chi connectivity index (χ1v) is 8.30. The molecular formula is C19H19N3O2. The second-order valence-corrected chi connectivity index (χ2v) is 6.40. The molecule has 2 atom stereocenters. The van der Waals surface area contributed by atoms with Gasteiger partial charge in [0.1, 0.15) is 0 Å². The van der Waals surface area contributed by atoms with E-state index >= 15 is 0 Å². The third-order valence-corrected chi connectivity index (χ3v) is 4.79. The van der Waals surface area contributed by atoms with E-state index < -0.39 is 0 Å². The topological polar surface area (TPSA) is 62.3 Å². The Labute approximate surface area is 140 Å². The number of para-hydroxylation sites is 1. The lowest BCUT2D eigenvalue weighted by atomic mass is 10.2. The van der Waals surface area contributed by atoms with Gasteiger partial charge in [0, 0.05) is 31.2 Å². The largest absolute Gasteiger partial charge is 0.352 e. The van der Waals surface area contributed by atoms with Gasteiger partial charge in [-0.3, -0.25) is 14.6 Å². The number of aromatic nitrogens is 1. The minimum absolute atomic E-state index is 0.0373. The molecular weight excluding hydrogens is 302 g/mol. The molecule has 2 heterocycles. The van der Waals surface area contributed by atoms with Crippen molar-refractivity contribution >= 4 is 17.5 Å². The van der Waals surface area contributed by atoms with Crippen LogP contribution >= 0.6 is 0 Å². The summed E-state index contributed by atoms with van der Waals surface area (Å²) >= 11 is 0. The lowest BCUT2D eigenvalue weighted by Crippen LogP contribution is -2.33. The molecule has 4 rings (SSSR count). The molecule has 1 aromatic carbocycles. The van der Waals surface area contributed by atoms with Gasteiger partial charge < -0.3 is 10.2 Å². The molecule has 5 nitrogen and oxygen atoms in total. The summed E-state index contributed by atoms with van der Waals surface area (Å²) in [5, 5.41) is 2.91. The smallest absolute Gasteiger partial charge is 0.230 e. The van der Waals surface area contributed by atoms with E-state index in [0.29, 0.717) is 13.0 Å². The fourth-order valence-corrected chi connectivity index (χ4v) is 3.35. The van der Waals surface area contributed by atoms with Gasteiger partial charge >= 0.3 is 0 Å². The second kappa shape index (κ2) is 6.07. The SMILES string of the molecule is O=C(NCc1cccnc1)C1CC1C(=O)N1CCc2ccccc21. The van der Waals surface area contributed by atoms with Crippen molar-refractivity contribution in [1.29, 1.82) is 0 Å². The molecule has 24 heavy (non-hydrogen) atoms. The molecule has 2 aliphatic rings. The van der Waals surface area contributed by atoms with Crippen LogP contribution in [0, 0.1) is 11.8 Å². The van der Waals surface area contributed by atoms with Crippen molar-refractivity contribution in [3.63, 3.8) is 0 Å². The summed E-state index contributed by atoms with van der Waals surface area (Å²) in [6.07, 6.45) is 4.98. The highest BCUT2D eigenvalue weighted by atomic mass is 16.2. The third kappa shape index (κ3) is 2.77. The molecule has 1 saturated carbocycles. The number of rotatable bonds is 4.